The topological polar surface area (TPSA) is 50.4 Å². The highest BCUT2D eigenvalue weighted by Gasteiger charge is 2.16. The van der Waals surface area contributed by atoms with Gasteiger partial charge >= 0.3 is 6.61 Å². The molecule has 6 heteroatoms. The number of carbonyl (C=O) groups is 1. The molecule has 0 radical (unpaired) electrons. The van der Waals surface area contributed by atoms with Crippen LogP contribution < -0.4 is 15.4 Å². The van der Waals surface area contributed by atoms with Crippen LogP contribution in [0.25, 0.3) is 0 Å². The second-order valence-corrected chi connectivity index (χ2v) is 4.64. The van der Waals surface area contributed by atoms with E-state index < -0.39 is 6.61 Å². The summed E-state index contributed by atoms with van der Waals surface area (Å²) in [6.45, 7) is 1.33. The van der Waals surface area contributed by atoms with Crippen molar-refractivity contribution in [3.63, 3.8) is 0 Å². The predicted molar refractivity (Wildman–Crippen MR) is 72.7 cm³/mol. The highest BCUT2D eigenvalue weighted by atomic mass is 19.3. The Morgan fingerprint density at radius 2 is 2.05 bits per heavy atom. The molecule has 1 amide bonds. The first-order valence-corrected chi connectivity index (χ1v) is 6.43. The summed E-state index contributed by atoms with van der Waals surface area (Å²) in [4.78, 5) is 11.9. The first kappa shape index (κ1) is 16.4. The van der Waals surface area contributed by atoms with E-state index in [-0.39, 0.29) is 23.6 Å². The second-order valence-electron chi connectivity index (χ2n) is 4.64. The minimum absolute atomic E-state index is 0.0851. The van der Waals surface area contributed by atoms with Crippen LogP contribution in [0.2, 0.25) is 0 Å². The Balaban J connectivity index is 2.67. The zero-order valence-electron chi connectivity index (χ0n) is 11.8. The van der Waals surface area contributed by atoms with Gasteiger partial charge in [0.25, 0.3) is 0 Å². The quantitative estimate of drug-likeness (QED) is 0.809. The SMILES string of the molecule is CNCC(C)C(=O)NC(C)c1cccc(OC(F)F)c1. The van der Waals surface area contributed by atoms with Crippen molar-refractivity contribution in [3.8, 4) is 5.75 Å². The molecule has 2 N–H and O–H groups in total. The lowest BCUT2D eigenvalue weighted by atomic mass is 10.1. The summed E-state index contributed by atoms with van der Waals surface area (Å²) in [5.74, 6) is -0.170. The number of hydrogen-bond acceptors (Lipinski definition) is 3. The lowest BCUT2D eigenvalue weighted by Gasteiger charge is -2.18. The number of nitrogens with one attached hydrogen (secondary N) is 2. The van der Waals surface area contributed by atoms with Crippen molar-refractivity contribution in [2.45, 2.75) is 26.5 Å². The molecule has 112 valence electrons. The van der Waals surface area contributed by atoms with Gasteiger partial charge in [-0.05, 0) is 31.7 Å². The highest BCUT2D eigenvalue weighted by molar-refractivity contribution is 5.78. The fourth-order valence-electron chi connectivity index (χ4n) is 1.80. The van der Waals surface area contributed by atoms with Gasteiger partial charge in [0, 0.05) is 12.5 Å². The van der Waals surface area contributed by atoms with Crippen molar-refractivity contribution in [2.24, 2.45) is 5.92 Å². The molecule has 0 heterocycles. The Labute approximate surface area is 117 Å². The largest absolute Gasteiger partial charge is 0.435 e. The van der Waals surface area contributed by atoms with Crippen molar-refractivity contribution >= 4 is 5.91 Å². The molecule has 0 aromatic heterocycles. The van der Waals surface area contributed by atoms with Crippen molar-refractivity contribution in [1.29, 1.82) is 0 Å². The maximum absolute atomic E-state index is 12.2. The molecule has 1 aromatic carbocycles. The second kappa shape index (κ2) is 7.79. The smallest absolute Gasteiger partial charge is 0.387 e. The van der Waals surface area contributed by atoms with E-state index in [1.54, 1.807) is 26.1 Å². The van der Waals surface area contributed by atoms with E-state index in [4.69, 9.17) is 0 Å². The summed E-state index contributed by atoms with van der Waals surface area (Å²) in [7, 11) is 1.78. The molecule has 0 aliphatic carbocycles. The zero-order chi connectivity index (χ0) is 15.1. The van der Waals surface area contributed by atoms with Gasteiger partial charge in [-0.2, -0.15) is 8.78 Å². The first-order chi connectivity index (χ1) is 9.43. The standard InChI is InChI=1S/C14H20F2N2O2/c1-9(8-17-3)13(19)18-10(2)11-5-4-6-12(7-11)20-14(15)16/h4-7,9-10,14,17H,8H2,1-3H3,(H,18,19). The first-order valence-electron chi connectivity index (χ1n) is 6.43. The summed E-state index contributed by atoms with van der Waals surface area (Å²) in [5.41, 5.74) is 0.716. The molecule has 0 bridgehead atoms. The Bertz CT molecular complexity index is 441. The van der Waals surface area contributed by atoms with Crippen LogP contribution in [0.1, 0.15) is 25.5 Å². The zero-order valence-corrected chi connectivity index (χ0v) is 11.8. The van der Waals surface area contributed by atoms with Gasteiger partial charge in [-0.1, -0.05) is 19.1 Å². The van der Waals surface area contributed by atoms with Crippen LogP contribution in [0.5, 0.6) is 5.75 Å². The van der Waals surface area contributed by atoms with Crippen molar-refractivity contribution in [2.75, 3.05) is 13.6 Å². The van der Waals surface area contributed by atoms with Gasteiger partial charge in [-0.3, -0.25) is 4.79 Å². The van der Waals surface area contributed by atoms with Gasteiger partial charge in [0.2, 0.25) is 5.91 Å². The van der Waals surface area contributed by atoms with Gasteiger partial charge in [0.05, 0.1) is 6.04 Å². The number of benzene rings is 1. The Morgan fingerprint density at radius 1 is 1.35 bits per heavy atom. The average molecular weight is 286 g/mol. The van der Waals surface area contributed by atoms with E-state index in [1.807, 2.05) is 6.92 Å². The third-order valence-corrected chi connectivity index (χ3v) is 2.90. The number of amides is 1. The molecule has 0 aliphatic heterocycles. The van der Waals surface area contributed by atoms with Crippen molar-refractivity contribution in [3.05, 3.63) is 29.8 Å². The fourth-order valence-corrected chi connectivity index (χ4v) is 1.80. The Morgan fingerprint density at radius 3 is 2.65 bits per heavy atom. The molecule has 1 aromatic rings. The number of hydrogen-bond donors (Lipinski definition) is 2. The molecule has 0 saturated carbocycles. The number of ether oxygens (including phenoxy) is 1. The third-order valence-electron chi connectivity index (χ3n) is 2.90. The summed E-state index contributed by atoms with van der Waals surface area (Å²) in [5, 5.41) is 5.77. The number of carbonyl (C=O) groups excluding carboxylic acids is 1. The lowest BCUT2D eigenvalue weighted by molar-refractivity contribution is -0.125. The molecular weight excluding hydrogens is 266 g/mol. The van der Waals surface area contributed by atoms with E-state index >= 15 is 0 Å². The van der Waals surface area contributed by atoms with E-state index in [9.17, 15) is 13.6 Å². The molecular formula is C14H20F2N2O2. The van der Waals surface area contributed by atoms with Gasteiger partial charge in [0.1, 0.15) is 5.75 Å². The molecule has 1 rings (SSSR count). The van der Waals surface area contributed by atoms with Crippen LogP contribution in [0, 0.1) is 5.92 Å². The Kier molecular flexibility index (Phi) is 6.38. The summed E-state index contributed by atoms with van der Waals surface area (Å²) >= 11 is 0. The predicted octanol–water partition coefficient (Wildman–Crippen LogP) is 2.32. The van der Waals surface area contributed by atoms with E-state index in [1.165, 1.54) is 12.1 Å². The minimum atomic E-state index is -2.86. The van der Waals surface area contributed by atoms with E-state index in [2.05, 4.69) is 15.4 Å². The Hall–Kier alpha value is -1.69. The number of halogens is 2. The molecule has 0 spiro atoms. The maximum atomic E-state index is 12.2. The maximum Gasteiger partial charge on any atom is 0.387 e. The average Bonchev–Trinajstić information content (AvgIpc) is 2.38. The molecule has 4 nitrogen and oxygen atoms in total. The summed E-state index contributed by atoms with van der Waals surface area (Å²) in [6, 6.07) is 6.05. The van der Waals surface area contributed by atoms with Gasteiger partial charge in [0.15, 0.2) is 0 Å². The minimum Gasteiger partial charge on any atom is -0.435 e. The molecule has 0 aliphatic rings. The third kappa shape index (κ3) is 5.13. The van der Waals surface area contributed by atoms with Crippen molar-refractivity contribution in [1.82, 2.24) is 10.6 Å². The van der Waals surface area contributed by atoms with Gasteiger partial charge in [-0.25, -0.2) is 0 Å². The summed E-state index contributed by atoms with van der Waals surface area (Å²) in [6.07, 6.45) is 0. The molecule has 2 unspecified atom stereocenters. The van der Waals surface area contributed by atoms with Crippen molar-refractivity contribution < 1.29 is 18.3 Å². The van der Waals surface area contributed by atoms with Gasteiger partial charge in [-0.15, -0.1) is 0 Å². The van der Waals surface area contributed by atoms with Crippen LogP contribution in [-0.4, -0.2) is 26.1 Å². The number of alkyl halides is 2. The van der Waals surface area contributed by atoms with E-state index in [0.717, 1.165) is 0 Å². The van der Waals surface area contributed by atoms with Crippen LogP contribution in [0.3, 0.4) is 0 Å². The van der Waals surface area contributed by atoms with Crippen LogP contribution in [0.4, 0.5) is 8.78 Å². The van der Waals surface area contributed by atoms with Crippen LogP contribution in [-0.2, 0) is 4.79 Å². The fraction of sp³-hybridized carbons (Fsp3) is 0.500. The molecule has 20 heavy (non-hydrogen) atoms. The molecule has 0 saturated heterocycles. The molecule has 2 atom stereocenters. The van der Waals surface area contributed by atoms with Gasteiger partial charge < -0.3 is 15.4 Å². The normalized spacial score (nSPS) is 13.9. The molecule has 0 fully saturated rings. The number of rotatable bonds is 7. The van der Waals surface area contributed by atoms with Crippen LogP contribution >= 0.6 is 0 Å². The van der Waals surface area contributed by atoms with Crippen LogP contribution in [0.15, 0.2) is 24.3 Å². The van der Waals surface area contributed by atoms with E-state index in [0.29, 0.717) is 12.1 Å². The monoisotopic (exact) mass is 286 g/mol. The highest BCUT2D eigenvalue weighted by Crippen LogP contribution is 2.20. The lowest BCUT2D eigenvalue weighted by Crippen LogP contribution is -2.35. The summed E-state index contributed by atoms with van der Waals surface area (Å²) < 4.78 is 28.7.